The molecule has 1 atom stereocenters. The highest BCUT2D eigenvalue weighted by Crippen LogP contribution is 2.39. The molecule has 1 aliphatic heterocycles. The first-order chi connectivity index (χ1) is 14.8. The van der Waals surface area contributed by atoms with Crippen LogP contribution in [0.2, 0.25) is 0 Å². The van der Waals surface area contributed by atoms with Gasteiger partial charge in [0.05, 0.1) is 11.1 Å². The second-order valence-electron chi connectivity index (χ2n) is 8.39. The summed E-state index contributed by atoms with van der Waals surface area (Å²) in [5, 5.41) is 4.99. The predicted octanol–water partition coefficient (Wildman–Crippen LogP) is 3.60. The van der Waals surface area contributed by atoms with Gasteiger partial charge in [0, 0.05) is 18.7 Å². The normalized spacial score (nSPS) is 18.0. The Hall–Kier alpha value is -3.71. The zero-order valence-electron chi connectivity index (χ0n) is 17.2. The smallest absolute Gasteiger partial charge is 0.274 e. The molecule has 1 amide bonds. The molecule has 0 spiro atoms. The molecule has 1 aliphatic rings. The van der Waals surface area contributed by atoms with Crippen LogP contribution in [0.15, 0.2) is 76.4 Å². The van der Waals surface area contributed by atoms with E-state index in [0.717, 1.165) is 21.5 Å². The Labute approximate surface area is 177 Å². The lowest BCUT2D eigenvalue weighted by Gasteiger charge is -2.29. The van der Waals surface area contributed by atoms with Crippen LogP contribution in [0.1, 0.15) is 36.9 Å². The van der Waals surface area contributed by atoms with E-state index in [1.54, 1.807) is 0 Å². The van der Waals surface area contributed by atoms with Crippen molar-refractivity contribution in [1.82, 2.24) is 14.6 Å². The van der Waals surface area contributed by atoms with Crippen molar-refractivity contribution in [3.63, 3.8) is 0 Å². The topological polar surface area (TPSA) is 84.4 Å². The molecular formula is C24H21N3O4. The van der Waals surface area contributed by atoms with Crippen LogP contribution >= 0.6 is 0 Å². The fraction of sp³-hybridized carbons (Fsp3) is 0.208. The minimum absolute atomic E-state index is 0.266. The second-order valence-corrected chi connectivity index (χ2v) is 8.39. The molecule has 5 rings (SSSR count). The molecule has 7 nitrogen and oxygen atoms in total. The lowest BCUT2D eigenvalue weighted by Crippen LogP contribution is -2.42. The van der Waals surface area contributed by atoms with E-state index >= 15 is 0 Å². The molecule has 2 heterocycles. The average Bonchev–Trinajstić information content (AvgIpc) is 3.06. The van der Waals surface area contributed by atoms with Crippen LogP contribution < -0.4 is 11.2 Å². The number of amides is 1. The first-order valence-electron chi connectivity index (χ1n) is 10.1. The number of benzene rings is 3. The molecule has 0 aliphatic carbocycles. The van der Waals surface area contributed by atoms with Crippen LogP contribution in [-0.4, -0.2) is 26.1 Å². The van der Waals surface area contributed by atoms with E-state index in [-0.39, 0.29) is 5.91 Å². The van der Waals surface area contributed by atoms with Crippen LogP contribution in [0, 0.1) is 0 Å². The highest BCUT2D eigenvalue weighted by molar-refractivity contribution is 6.18. The van der Waals surface area contributed by atoms with Gasteiger partial charge in [-0.15, -0.1) is 0 Å². The van der Waals surface area contributed by atoms with Gasteiger partial charge in [-0.1, -0.05) is 48.5 Å². The van der Waals surface area contributed by atoms with E-state index < -0.39 is 23.0 Å². The molecule has 3 aromatic carbocycles. The van der Waals surface area contributed by atoms with E-state index in [1.807, 2.05) is 62.4 Å². The van der Waals surface area contributed by atoms with Crippen LogP contribution in [0.25, 0.3) is 21.5 Å². The largest absolute Gasteiger partial charge is 0.330 e. The minimum Gasteiger partial charge on any atom is -0.274 e. The maximum atomic E-state index is 13.9. The first-order valence-corrected chi connectivity index (χ1v) is 10.1. The highest BCUT2D eigenvalue weighted by Gasteiger charge is 2.45. The Morgan fingerprint density at radius 2 is 1.61 bits per heavy atom. The van der Waals surface area contributed by atoms with Gasteiger partial charge in [0.15, 0.2) is 6.23 Å². The highest BCUT2D eigenvalue weighted by atomic mass is 16.7. The Morgan fingerprint density at radius 3 is 2.23 bits per heavy atom. The van der Waals surface area contributed by atoms with Gasteiger partial charge in [0.25, 0.3) is 11.5 Å². The quantitative estimate of drug-likeness (QED) is 0.507. The fourth-order valence-electron chi connectivity index (χ4n) is 4.28. The molecule has 4 aromatic rings. The van der Waals surface area contributed by atoms with Crippen LogP contribution in [0.5, 0.6) is 0 Å². The summed E-state index contributed by atoms with van der Waals surface area (Å²) in [6, 6.07) is 18.9. The molecular weight excluding hydrogens is 394 g/mol. The fourth-order valence-corrected chi connectivity index (χ4v) is 4.28. The third-order valence-corrected chi connectivity index (χ3v) is 5.78. The van der Waals surface area contributed by atoms with E-state index in [9.17, 15) is 14.4 Å². The zero-order chi connectivity index (χ0) is 21.8. The van der Waals surface area contributed by atoms with Gasteiger partial charge in [-0.2, -0.15) is 0 Å². The minimum atomic E-state index is -0.704. The number of nitrogens with one attached hydrogen (secondary N) is 1. The number of hydroxylamine groups is 2. The van der Waals surface area contributed by atoms with Crippen LogP contribution in [0.4, 0.5) is 0 Å². The Kier molecular flexibility index (Phi) is 4.30. The van der Waals surface area contributed by atoms with E-state index in [0.29, 0.717) is 12.0 Å². The SMILES string of the molecule is CC1(C)CC(n2ccc(=O)[nH]c2=O)ON1C(=O)c1c2ccccc2cc2ccccc12. The summed E-state index contributed by atoms with van der Waals surface area (Å²) in [6.07, 6.45) is 1.08. The summed E-state index contributed by atoms with van der Waals surface area (Å²) in [7, 11) is 0. The first kappa shape index (κ1) is 19.3. The molecule has 1 fully saturated rings. The third-order valence-electron chi connectivity index (χ3n) is 5.78. The van der Waals surface area contributed by atoms with Gasteiger partial charge in [0.2, 0.25) is 0 Å². The van der Waals surface area contributed by atoms with Crippen molar-refractivity contribution in [3.05, 3.63) is 93.3 Å². The number of hydrogen-bond donors (Lipinski definition) is 1. The van der Waals surface area contributed by atoms with E-state index in [4.69, 9.17) is 4.84 Å². The molecule has 1 aromatic heterocycles. The Bertz CT molecular complexity index is 1400. The van der Waals surface area contributed by atoms with Crippen molar-refractivity contribution in [1.29, 1.82) is 0 Å². The summed E-state index contributed by atoms with van der Waals surface area (Å²) in [4.78, 5) is 45.8. The number of aromatic amines is 1. The monoisotopic (exact) mass is 415 g/mol. The number of hydrogen-bond acceptors (Lipinski definition) is 4. The predicted molar refractivity (Wildman–Crippen MR) is 118 cm³/mol. The van der Waals surface area contributed by atoms with Gasteiger partial charge in [0.1, 0.15) is 0 Å². The maximum absolute atomic E-state index is 13.9. The molecule has 1 saturated heterocycles. The molecule has 1 N–H and O–H groups in total. The molecule has 0 bridgehead atoms. The average molecular weight is 415 g/mol. The van der Waals surface area contributed by atoms with Crippen molar-refractivity contribution in [3.8, 4) is 0 Å². The molecule has 7 heteroatoms. The van der Waals surface area contributed by atoms with Gasteiger partial charge in [-0.05, 0) is 41.5 Å². The summed E-state index contributed by atoms with van der Waals surface area (Å²) >= 11 is 0. The molecule has 31 heavy (non-hydrogen) atoms. The number of H-pyrrole nitrogens is 1. The van der Waals surface area contributed by atoms with Crippen molar-refractivity contribution >= 4 is 27.5 Å². The molecule has 1 unspecified atom stereocenters. The standard InChI is InChI=1S/C24H21N3O4/c1-24(2)14-20(26-12-11-19(28)25-23(26)30)31-27(24)22(29)21-17-9-5-3-7-15(17)13-16-8-4-6-10-18(16)21/h3-13,20H,14H2,1-2H3,(H,25,28,30). The zero-order valence-corrected chi connectivity index (χ0v) is 17.2. The molecule has 0 saturated carbocycles. The lowest BCUT2D eigenvalue weighted by molar-refractivity contribution is -0.163. The van der Waals surface area contributed by atoms with Crippen molar-refractivity contribution < 1.29 is 9.63 Å². The summed E-state index contributed by atoms with van der Waals surface area (Å²) in [5.74, 6) is -0.266. The van der Waals surface area contributed by atoms with E-state index in [1.165, 1.54) is 21.9 Å². The second kappa shape index (κ2) is 6.92. The Morgan fingerprint density at radius 1 is 1.00 bits per heavy atom. The lowest BCUT2D eigenvalue weighted by atomic mass is 9.94. The number of nitrogens with zero attached hydrogens (tertiary/aromatic N) is 2. The van der Waals surface area contributed by atoms with Gasteiger partial charge in [-0.3, -0.25) is 19.1 Å². The summed E-state index contributed by atoms with van der Waals surface area (Å²) < 4.78 is 1.30. The number of fused-ring (bicyclic) bond motifs is 2. The van der Waals surface area contributed by atoms with Gasteiger partial charge >= 0.3 is 5.69 Å². The number of rotatable bonds is 2. The number of carbonyl (C=O) groups is 1. The third kappa shape index (κ3) is 3.14. The summed E-state index contributed by atoms with van der Waals surface area (Å²) in [5.41, 5.74) is -1.15. The Balaban J connectivity index is 1.63. The summed E-state index contributed by atoms with van der Waals surface area (Å²) in [6.45, 7) is 3.80. The van der Waals surface area contributed by atoms with Crippen molar-refractivity contribution in [2.45, 2.75) is 32.0 Å². The molecule has 0 radical (unpaired) electrons. The van der Waals surface area contributed by atoms with Gasteiger partial charge < -0.3 is 0 Å². The van der Waals surface area contributed by atoms with Crippen LogP contribution in [0.3, 0.4) is 0 Å². The maximum Gasteiger partial charge on any atom is 0.330 e. The van der Waals surface area contributed by atoms with Crippen molar-refractivity contribution in [2.75, 3.05) is 0 Å². The van der Waals surface area contributed by atoms with Crippen LogP contribution in [-0.2, 0) is 4.84 Å². The number of aromatic nitrogens is 2. The van der Waals surface area contributed by atoms with E-state index in [2.05, 4.69) is 11.1 Å². The number of carbonyl (C=O) groups excluding carboxylic acids is 1. The van der Waals surface area contributed by atoms with Gasteiger partial charge in [-0.25, -0.2) is 14.7 Å². The van der Waals surface area contributed by atoms with Crippen molar-refractivity contribution in [2.24, 2.45) is 0 Å². The molecule has 156 valence electrons.